The average molecular weight is 458 g/mol. The quantitative estimate of drug-likeness (QED) is 0.616. The number of carbonyl (C=O) groups excluding carboxylic acids is 1. The predicted octanol–water partition coefficient (Wildman–Crippen LogP) is 3.38. The van der Waals surface area contributed by atoms with Crippen LogP contribution >= 0.6 is 11.6 Å². The molecule has 8 heteroatoms. The highest BCUT2D eigenvalue weighted by atomic mass is 35.5. The Labute approximate surface area is 187 Å². The molecule has 3 aromatic rings. The molecule has 1 fully saturated rings. The molecule has 1 saturated heterocycles. The molecular weight excluding hydrogens is 434 g/mol. The third-order valence-electron chi connectivity index (χ3n) is 5.49. The van der Waals surface area contributed by atoms with Crippen LogP contribution in [0.1, 0.15) is 10.4 Å². The predicted molar refractivity (Wildman–Crippen MR) is 125 cm³/mol. The highest BCUT2D eigenvalue weighted by Crippen LogP contribution is 2.22. The van der Waals surface area contributed by atoms with Crippen molar-refractivity contribution < 1.29 is 13.2 Å². The fourth-order valence-corrected chi connectivity index (χ4v) is 5.36. The maximum atomic E-state index is 12.7. The molecular formula is C23H24ClN3O3S. The number of benzene rings is 3. The Morgan fingerprint density at radius 2 is 1.65 bits per heavy atom. The minimum absolute atomic E-state index is 0.0683. The van der Waals surface area contributed by atoms with Gasteiger partial charge in [0.2, 0.25) is 10.0 Å². The van der Waals surface area contributed by atoms with Crippen LogP contribution in [0.2, 0.25) is 5.02 Å². The molecule has 162 valence electrons. The summed E-state index contributed by atoms with van der Waals surface area (Å²) in [4.78, 5) is 14.7. The van der Waals surface area contributed by atoms with Crippen molar-refractivity contribution in [2.45, 2.75) is 0 Å². The number of piperazine rings is 1. The standard InChI is InChI=1S/C23H24ClN3O3S/c24-19-7-4-8-20(17-19)26-12-14-27(15-13-26)31(29,30)16-11-25-23(28)22-10-3-6-18-5-1-2-9-21(18)22/h1-10,17H,11-16H2,(H,25,28). The van der Waals surface area contributed by atoms with Crippen molar-refractivity contribution in [3.8, 4) is 0 Å². The summed E-state index contributed by atoms with van der Waals surface area (Å²) >= 11 is 6.06. The maximum absolute atomic E-state index is 12.7. The molecule has 1 aliphatic heterocycles. The van der Waals surface area contributed by atoms with Crippen molar-refractivity contribution in [2.24, 2.45) is 0 Å². The molecule has 0 aliphatic carbocycles. The summed E-state index contributed by atoms with van der Waals surface area (Å²) in [5.41, 5.74) is 1.54. The van der Waals surface area contributed by atoms with Crippen LogP contribution in [-0.4, -0.2) is 57.1 Å². The van der Waals surface area contributed by atoms with Crippen LogP contribution in [0.25, 0.3) is 10.8 Å². The second kappa shape index (κ2) is 9.26. The van der Waals surface area contributed by atoms with Crippen LogP contribution in [0.4, 0.5) is 5.69 Å². The van der Waals surface area contributed by atoms with Crippen molar-refractivity contribution in [3.63, 3.8) is 0 Å². The van der Waals surface area contributed by atoms with E-state index < -0.39 is 10.0 Å². The van der Waals surface area contributed by atoms with Crippen LogP contribution in [0, 0.1) is 0 Å². The fourth-order valence-electron chi connectivity index (χ4n) is 3.84. The lowest BCUT2D eigenvalue weighted by atomic mass is 10.0. The number of fused-ring (bicyclic) bond motifs is 1. The molecule has 1 N–H and O–H groups in total. The van der Waals surface area contributed by atoms with Crippen molar-refractivity contribution in [3.05, 3.63) is 77.3 Å². The van der Waals surface area contributed by atoms with E-state index in [0.717, 1.165) is 16.5 Å². The SMILES string of the molecule is O=C(NCCS(=O)(=O)N1CCN(c2cccc(Cl)c2)CC1)c1cccc2ccccc12. The summed E-state index contributed by atoms with van der Waals surface area (Å²) < 4.78 is 27.0. The Kier molecular flexibility index (Phi) is 6.46. The first-order valence-electron chi connectivity index (χ1n) is 10.2. The Morgan fingerprint density at radius 1 is 0.935 bits per heavy atom. The first-order valence-corrected chi connectivity index (χ1v) is 12.2. The molecule has 31 heavy (non-hydrogen) atoms. The second-order valence-corrected chi connectivity index (χ2v) is 9.99. The van der Waals surface area contributed by atoms with E-state index in [2.05, 4.69) is 10.2 Å². The Balaban J connectivity index is 1.32. The van der Waals surface area contributed by atoms with E-state index in [0.29, 0.717) is 36.8 Å². The van der Waals surface area contributed by atoms with Gasteiger partial charge in [-0.1, -0.05) is 54.1 Å². The highest BCUT2D eigenvalue weighted by Gasteiger charge is 2.27. The summed E-state index contributed by atoms with van der Waals surface area (Å²) in [5, 5.41) is 5.24. The van der Waals surface area contributed by atoms with E-state index in [4.69, 9.17) is 11.6 Å². The van der Waals surface area contributed by atoms with Crippen LogP contribution in [0.15, 0.2) is 66.7 Å². The molecule has 1 heterocycles. The molecule has 0 unspecified atom stereocenters. The molecule has 4 rings (SSSR count). The number of nitrogens with zero attached hydrogens (tertiary/aromatic N) is 2. The zero-order chi connectivity index (χ0) is 21.8. The number of anilines is 1. The first kappa shape index (κ1) is 21.6. The second-order valence-electron chi connectivity index (χ2n) is 7.46. The van der Waals surface area contributed by atoms with Crippen LogP contribution < -0.4 is 10.2 Å². The molecule has 0 spiro atoms. The van der Waals surface area contributed by atoms with E-state index in [-0.39, 0.29) is 18.2 Å². The largest absolute Gasteiger partial charge is 0.369 e. The molecule has 0 aromatic heterocycles. The topological polar surface area (TPSA) is 69.7 Å². The molecule has 6 nitrogen and oxygen atoms in total. The van der Waals surface area contributed by atoms with Gasteiger partial charge in [0.05, 0.1) is 5.75 Å². The lowest BCUT2D eigenvalue weighted by Crippen LogP contribution is -2.50. The number of amides is 1. The normalized spacial score (nSPS) is 15.2. The van der Waals surface area contributed by atoms with Gasteiger partial charge >= 0.3 is 0 Å². The van der Waals surface area contributed by atoms with Crippen LogP contribution in [0.3, 0.4) is 0 Å². The van der Waals surface area contributed by atoms with E-state index in [9.17, 15) is 13.2 Å². The number of carbonyl (C=O) groups is 1. The third kappa shape index (κ3) is 5.01. The van der Waals surface area contributed by atoms with Gasteiger partial charge in [-0.15, -0.1) is 0 Å². The van der Waals surface area contributed by atoms with E-state index in [1.807, 2.05) is 60.7 Å². The Bertz CT molecular complexity index is 1190. The van der Waals surface area contributed by atoms with Gasteiger partial charge in [0.15, 0.2) is 0 Å². The molecule has 0 radical (unpaired) electrons. The van der Waals surface area contributed by atoms with E-state index in [1.54, 1.807) is 6.07 Å². The van der Waals surface area contributed by atoms with Crippen LogP contribution in [0.5, 0.6) is 0 Å². The number of nitrogens with one attached hydrogen (secondary N) is 1. The number of hydrogen-bond donors (Lipinski definition) is 1. The average Bonchev–Trinajstić information content (AvgIpc) is 2.78. The van der Waals surface area contributed by atoms with E-state index >= 15 is 0 Å². The third-order valence-corrected chi connectivity index (χ3v) is 7.59. The number of sulfonamides is 1. The van der Waals surface area contributed by atoms with Crippen molar-refractivity contribution in [2.75, 3.05) is 43.4 Å². The van der Waals surface area contributed by atoms with E-state index in [1.165, 1.54) is 4.31 Å². The fraction of sp³-hybridized carbons (Fsp3) is 0.261. The minimum atomic E-state index is -3.45. The molecule has 1 amide bonds. The van der Waals surface area contributed by atoms with Gasteiger partial charge in [-0.2, -0.15) is 4.31 Å². The zero-order valence-electron chi connectivity index (χ0n) is 17.0. The Morgan fingerprint density at radius 3 is 2.42 bits per heavy atom. The summed E-state index contributed by atoms with van der Waals surface area (Å²) in [7, 11) is -3.45. The maximum Gasteiger partial charge on any atom is 0.251 e. The summed E-state index contributed by atoms with van der Waals surface area (Å²) in [6, 6.07) is 20.7. The molecule has 0 bridgehead atoms. The lowest BCUT2D eigenvalue weighted by Gasteiger charge is -2.35. The first-order chi connectivity index (χ1) is 14.9. The lowest BCUT2D eigenvalue weighted by molar-refractivity contribution is 0.0957. The number of halogens is 1. The monoisotopic (exact) mass is 457 g/mol. The van der Waals surface area contributed by atoms with Crippen molar-refractivity contribution in [1.29, 1.82) is 0 Å². The minimum Gasteiger partial charge on any atom is -0.369 e. The van der Waals surface area contributed by atoms with Gasteiger partial charge in [0, 0.05) is 49.0 Å². The summed E-state index contributed by atoms with van der Waals surface area (Å²) in [6.45, 7) is 2.08. The highest BCUT2D eigenvalue weighted by molar-refractivity contribution is 7.89. The smallest absolute Gasteiger partial charge is 0.251 e. The van der Waals surface area contributed by atoms with Crippen molar-refractivity contribution >= 4 is 44.0 Å². The van der Waals surface area contributed by atoms with Gasteiger partial charge in [-0.3, -0.25) is 4.79 Å². The number of rotatable bonds is 6. The zero-order valence-corrected chi connectivity index (χ0v) is 18.6. The molecule has 3 aromatic carbocycles. The number of hydrogen-bond acceptors (Lipinski definition) is 4. The van der Waals surface area contributed by atoms with Gasteiger partial charge in [0.25, 0.3) is 5.91 Å². The van der Waals surface area contributed by atoms with Gasteiger partial charge < -0.3 is 10.2 Å². The molecule has 1 aliphatic rings. The Hall–Kier alpha value is -2.61. The van der Waals surface area contributed by atoms with Crippen molar-refractivity contribution in [1.82, 2.24) is 9.62 Å². The van der Waals surface area contributed by atoms with Crippen LogP contribution in [-0.2, 0) is 10.0 Å². The molecule has 0 saturated carbocycles. The van der Waals surface area contributed by atoms with Gasteiger partial charge in [0.1, 0.15) is 0 Å². The molecule has 0 atom stereocenters. The van der Waals surface area contributed by atoms with Gasteiger partial charge in [-0.25, -0.2) is 8.42 Å². The summed E-state index contributed by atoms with van der Waals surface area (Å²) in [6.07, 6.45) is 0. The summed E-state index contributed by atoms with van der Waals surface area (Å²) in [5.74, 6) is -0.390. The van der Waals surface area contributed by atoms with Gasteiger partial charge in [-0.05, 0) is 35.0 Å².